The van der Waals surface area contributed by atoms with Crippen LogP contribution in [0.1, 0.15) is 10.4 Å². The Balaban J connectivity index is 1.35. The van der Waals surface area contributed by atoms with Crippen LogP contribution in [-0.4, -0.2) is 67.5 Å². The number of ether oxygens (including phenoxy) is 2. The van der Waals surface area contributed by atoms with E-state index >= 15 is 0 Å². The maximum atomic E-state index is 13.5. The fourth-order valence-corrected chi connectivity index (χ4v) is 4.53. The molecule has 0 spiro atoms. The summed E-state index contributed by atoms with van der Waals surface area (Å²) in [5, 5.41) is 5.71. The second-order valence-corrected chi connectivity index (χ2v) is 8.61. The normalized spacial score (nSPS) is 16.9. The fourth-order valence-electron chi connectivity index (χ4n) is 4.53. The van der Waals surface area contributed by atoms with E-state index in [4.69, 9.17) is 9.47 Å². The van der Waals surface area contributed by atoms with Crippen molar-refractivity contribution in [1.82, 2.24) is 9.80 Å². The third kappa shape index (κ3) is 4.43. The van der Waals surface area contributed by atoms with Gasteiger partial charge in [-0.15, -0.1) is 0 Å². The molecule has 184 valence electrons. The van der Waals surface area contributed by atoms with Crippen LogP contribution in [0.5, 0.6) is 11.5 Å². The van der Waals surface area contributed by atoms with Gasteiger partial charge in [-0.3, -0.25) is 9.59 Å². The van der Waals surface area contributed by atoms with Crippen LogP contribution >= 0.6 is 0 Å². The Kier molecular flexibility index (Phi) is 6.20. The van der Waals surface area contributed by atoms with E-state index in [0.29, 0.717) is 28.4 Å². The summed E-state index contributed by atoms with van der Waals surface area (Å²) in [5.41, 5.74) is 3.28. The molecule has 2 N–H and O–H groups in total. The number of nitrogens with zero attached hydrogens (tertiary/aromatic N) is 2. The van der Waals surface area contributed by atoms with E-state index in [-0.39, 0.29) is 37.5 Å². The Bertz CT molecular complexity index is 1300. The number of amides is 4. The first kappa shape index (κ1) is 23.2. The number of carbonyl (C=O) groups excluding carboxylic acids is 3. The van der Waals surface area contributed by atoms with Crippen molar-refractivity contribution in [1.29, 1.82) is 0 Å². The molecule has 0 bridgehead atoms. The van der Waals surface area contributed by atoms with E-state index in [0.717, 1.165) is 11.1 Å². The Morgan fingerprint density at radius 2 is 1.64 bits per heavy atom. The molecule has 2 aliphatic rings. The van der Waals surface area contributed by atoms with E-state index < -0.39 is 6.04 Å². The SMILES string of the molecule is COc1cc(NC(=O)N2CCN3C(=O)c4cc(-c5ccccc5)ccc4NC(=O)[C@@H]3C2)cc(OC)c1. The van der Waals surface area contributed by atoms with Crippen molar-refractivity contribution in [3.05, 3.63) is 72.3 Å². The Morgan fingerprint density at radius 3 is 2.33 bits per heavy atom. The molecule has 9 heteroatoms. The number of urea groups is 1. The van der Waals surface area contributed by atoms with Crippen LogP contribution in [0, 0.1) is 0 Å². The van der Waals surface area contributed by atoms with E-state index in [9.17, 15) is 14.4 Å². The second kappa shape index (κ2) is 9.61. The fraction of sp³-hybridized carbons (Fsp3) is 0.222. The molecule has 2 heterocycles. The molecule has 0 saturated carbocycles. The smallest absolute Gasteiger partial charge is 0.321 e. The van der Waals surface area contributed by atoms with Crippen molar-refractivity contribution >= 4 is 29.2 Å². The van der Waals surface area contributed by atoms with E-state index in [1.165, 1.54) is 19.1 Å². The predicted octanol–water partition coefficient (Wildman–Crippen LogP) is 3.68. The van der Waals surface area contributed by atoms with Crippen LogP contribution in [0.4, 0.5) is 16.2 Å². The van der Waals surface area contributed by atoms with Crippen LogP contribution in [0.15, 0.2) is 66.7 Å². The molecule has 0 aromatic heterocycles. The summed E-state index contributed by atoms with van der Waals surface area (Å²) in [6, 6.07) is 19.1. The number of nitrogens with one attached hydrogen (secondary N) is 2. The summed E-state index contributed by atoms with van der Waals surface area (Å²) in [6.45, 7) is 0.598. The standard InChI is InChI=1S/C27H26N4O5/c1-35-20-13-19(14-21(15-20)36-2)28-27(34)30-10-11-31-24(16-30)25(32)29-23-9-8-18(12-22(23)26(31)33)17-6-4-3-5-7-17/h3-9,12-15,24H,10-11,16H2,1-2H3,(H,28,34)(H,29,32)/t24-/m0/s1. The first-order valence-corrected chi connectivity index (χ1v) is 11.6. The highest BCUT2D eigenvalue weighted by Crippen LogP contribution is 2.31. The summed E-state index contributed by atoms with van der Waals surface area (Å²) in [7, 11) is 3.06. The third-order valence-corrected chi connectivity index (χ3v) is 6.45. The first-order valence-electron chi connectivity index (χ1n) is 11.6. The maximum absolute atomic E-state index is 13.5. The molecule has 36 heavy (non-hydrogen) atoms. The zero-order valence-electron chi connectivity index (χ0n) is 20.0. The lowest BCUT2D eigenvalue weighted by Gasteiger charge is -2.39. The van der Waals surface area contributed by atoms with Crippen molar-refractivity contribution in [2.45, 2.75) is 6.04 Å². The van der Waals surface area contributed by atoms with Gasteiger partial charge in [0.1, 0.15) is 17.5 Å². The van der Waals surface area contributed by atoms with Gasteiger partial charge in [0.2, 0.25) is 5.91 Å². The molecule has 1 fully saturated rings. The highest BCUT2D eigenvalue weighted by Gasteiger charge is 2.40. The molecule has 1 saturated heterocycles. The molecule has 2 aliphatic heterocycles. The quantitative estimate of drug-likeness (QED) is 0.586. The van der Waals surface area contributed by atoms with Crippen LogP contribution in [0.2, 0.25) is 0 Å². The van der Waals surface area contributed by atoms with Crippen molar-refractivity contribution < 1.29 is 23.9 Å². The van der Waals surface area contributed by atoms with Gasteiger partial charge in [-0.05, 0) is 23.3 Å². The zero-order chi connectivity index (χ0) is 25.2. The van der Waals surface area contributed by atoms with Crippen molar-refractivity contribution in [3.8, 4) is 22.6 Å². The van der Waals surface area contributed by atoms with Crippen LogP contribution in [-0.2, 0) is 4.79 Å². The molecular formula is C27H26N4O5. The number of benzene rings is 3. The minimum atomic E-state index is -0.801. The summed E-state index contributed by atoms with van der Waals surface area (Å²) in [4.78, 5) is 42.7. The van der Waals surface area contributed by atoms with E-state index in [1.807, 2.05) is 42.5 Å². The van der Waals surface area contributed by atoms with Gasteiger partial charge in [0.25, 0.3) is 5.91 Å². The minimum Gasteiger partial charge on any atom is -0.497 e. The molecule has 5 rings (SSSR count). The van der Waals surface area contributed by atoms with Crippen LogP contribution in [0.25, 0.3) is 11.1 Å². The van der Waals surface area contributed by atoms with Crippen molar-refractivity contribution in [3.63, 3.8) is 0 Å². The summed E-state index contributed by atoms with van der Waals surface area (Å²) in [5.74, 6) is 0.519. The molecule has 0 radical (unpaired) electrons. The predicted molar refractivity (Wildman–Crippen MR) is 135 cm³/mol. The number of fused-ring (bicyclic) bond motifs is 2. The van der Waals surface area contributed by atoms with Gasteiger partial charge in [0.05, 0.1) is 32.0 Å². The number of carbonyl (C=O) groups is 3. The first-order chi connectivity index (χ1) is 17.5. The molecule has 0 unspecified atom stereocenters. The van der Waals surface area contributed by atoms with E-state index in [2.05, 4.69) is 10.6 Å². The van der Waals surface area contributed by atoms with Gasteiger partial charge < -0.3 is 29.9 Å². The topological polar surface area (TPSA) is 100 Å². The second-order valence-electron chi connectivity index (χ2n) is 8.61. The Morgan fingerprint density at radius 1 is 0.917 bits per heavy atom. The lowest BCUT2D eigenvalue weighted by molar-refractivity contribution is -0.121. The average molecular weight is 487 g/mol. The number of hydrogen-bond donors (Lipinski definition) is 2. The number of hydrogen-bond acceptors (Lipinski definition) is 5. The Hall–Kier alpha value is -4.53. The molecule has 0 aliphatic carbocycles. The Labute approximate surface area is 208 Å². The van der Waals surface area contributed by atoms with Gasteiger partial charge in [-0.1, -0.05) is 36.4 Å². The van der Waals surface area contributed by atoms with E-state index in [1.54, 1.807) is 29.2 Å². The van der Waals surface area contributed by atoms with Gasteiger partial charge in [0.15, 0.2) is 0 Å². The summed E-state index contributed by atoms with van der Waals surface area (Å²) < 4.78 is 10.5. The zero-order valence-corrected chi connectivity index (χ0v) is 20.0. The summed E-state index contributed by atoms with van der Waals surface area (Å²) >= 11 is 0. The molecule has 9 nitrogen and oxygen atoms in total. The maximum Gasteiger partial charge on any atom is 0.321 e. The minimum absolute atomic E-state index is 0.0735. The van der Waals surface area contributed by atoms with Gasteiger partial charge in [0, 0.05) is 37.0 Å². The van der Waals surface area contributed by atoms with Gasteiger partial charge >= 0.3 is 6.03 Å². The number of methoxy groups -OCH3 is 2. The highest BCUT2D eigenvalue weighted by molar-refractivity contribution is 6.11. The highest BCUT2D eigenvalue weighted by atomic mass is 16.5. The van der Waals surface area contributed by atoms with Gasteiger partial charge in [-0.25, -0.2) is 4.79 Å². The molecular weight excluding hydrogens is 460 g/mol. The van der Waals surface area contributed by atoms with Crippen molar-refractivity contribution in [2.75, 3.05) is 44.5 Å². The molecule has 1 atom stereocenters. The average Bonchev–Trinajstić information content (AvgIpc) is 3.02. The largest absolute Gasteiger partial charge is 0.497 e. The monoisotopic (exact) mass is 486 g/mol. The molecule has 3 aromatic carbocycles. The van der Waals surface area contributed by atoms with Crippen LogP contribution < -0.4 is 20.1 Å². The lowest BCUT2D eigenvalue weighted by Crippen LogP contribution is -2.60. The van der Waals surface area contributed by atoms with Crippen LogP contribution in [0.3, 0.4) is 0 Å². The number of rotatable bonds is 4. The summed E-state index contributed by atoms with van der Waals surface area (Å²) in [6.07, 6.45) is 0. The van der Waals surface area contributed by atoms with Crippen molar-refractivity contribution in [2.24, 2.45) is 0 Å². The third-order valence-electron chi connectivity index (χ3n) is 6.45. The molecule has 4 amide bonds. The lowest BCUT2D eigenvalue weighted by atomic mass is 10.0. The molecule has 3 aromatic rings. The number of anilines is 2. The number of piperazine rings is 1. The van der Waals surface area contributed by atoms with Gasteiger partial charge in [-0.2, -0.15) is 0 Å².